The fourth-order valence-corrected chi connectivity index (χ4v) is 3.03. The van der Waals surface area contributed by atoms with Crippen LogP contribution >= 0.6 is 0 Å². The number of rotatable bonds is 10. The first-order valence-electron chi connectivity index (χ1n) is 8.02. The zero-order chi connectivity index (χ0) is 16.3. The molecule has 0 fully saturated rings. The van der Waals surface area contributed by atoms with Crippen LogP contribution in [0.2, 0.25) is 0 Å². The maximum absolute atomic E-state index is 12.0. The maximum Gasteiger partial charge on any atom is 0.240 e. The molecular weight excluding hydrogens is 294 g/mol. The molecule has 1 aromatic rings. The molecule has 0 aliphatic heterocycles. The van der Waals surface area contributed by atoms with Gasteiger partial charge in [0.2, 0.25) is 10.0 Å². The van der Waals surface area contributed by atoms with E-state index in [-0.39, 0.29) is 0 Å². The molecule has 1 aromatic carbocycles. The van der Waals surface area contributed by atoms with Gasteiger partial charge in [0.25, 0.3) is 0 Å². The Hall–Kier alpha value is -1.35. The molecule has 0 spiro atoms. The van der Waals surface area contributed by atoms with Gasteiger partial charge in [-0.1, -0.05) is 37.5 Å². The van der Waals surface area contributed by atoms with Gasteiger partial charge in [-0.05, 0) is 56.9 Å². The average Bonchev–Trinajstić information content (AvgIpc) is 2.49. The first kappa shape index (κ1) is 18.7. The monoisotopic (exact) mass is 321 g/mol. The zero-order valence-electron chi connectivity index (χ0n) is 13.6. The van der Waals surface area contributed by atoms with Gasteiger partial charge in [0.05, 0.1) is 4.90 Å². The molecule has 1 N–H and O–H groups in total. The van der Waals surface area contributed by atoms with Crippen LogP contribution in [-0.4, -0.2) is 15.0 Å². The fraction of sp³-hybridized carbons (Fsp3) is 0.500. The first-order chi connectivity index (χ1) is 10.6. The third kappa shape index (κ3) is 7.60. The second kappa shape index (κ2) is 10.4. The second-order valence-electron chi connectivity index (χ2n) is 5.42. The summed E-state index contributed by atoms with van der Waals surface area (Å²) >= 11 is 0. The minimum Gasteiger partial charge on any atom is -0.211 e. The van der Waals surface area contributed by atoms with Crippen molar-refractivity contribution in [1.82, 2.24) is 4.72 Å². The standard InChI is InChI=1S/C18H27NO2S/c1-3-4-5-6-7-8-9-10-11-16-19-22(20,21)18-14-12-17(2)13-15-18/h7,9,12-15,19H,3-6,10-11,16H2,1-2H3. The van der Waals surface area contributed by atoms with E-state index >= 15 is 0 Å². The Morgan fingerprint density at radius 1 is 1.05 bits per heavy atom. The molecular formula is C18H27NO2S. The highest BCUT2D eigenvalue weighted by Crippen LogP contribution is 2.09. The van der Waals surface area contributed by atoms with E-state index in [2.05, 4.69) is 23.5 Å². The summed E-state index contributed by atoms with van der Waals surface area (Å²) in [5.41, 5.74) is 4.20. The summed E-state index contributed by atoms with van der Waals surface area (Å²) in [5, 5.41) is 0. The Kier molecular flexibility index (Phi) is 8.83. The normalized spacial score (nSPS) is 11.0. The maximum atomic E-state index is 12.0. The van der Waals surface area contributed by atoms with Crippen LogP contribution in [0, 0.1) is 6.92 Å². The molecule has 122 valence electrons. The van der Waals surface area contributed by atoms with Crippen molar-refractivity contribution in [2.75, 3.05) is 6.54 Å². The molecule has 22 heavy (non-hydrogen) atoms. The Balaban J connectivity index is 2.26. The largest absolute Gasteiger partial charge is 0.240 e. The molecule has 0 heterocycles. The van der Waals surface area contributed by atoms with Crippen LogP contribution in [0.25, 0.3) is 0 Å². The molecule has 4 heteroatoms. The van der Waals surface area contributed by atoms with E-state index in [0.29, 0.717) is 11.4 Å². The molecule has 0 unspecified atom stereocenters. The summed E-state index contributed by atoms with van der Waals surface area (Å²) in [5.74, 6) is 0. The lowest BCUT2D eigenvalue weighted by atomic mass is 10.2. The van der Waals surface area contributed by atoms with Gasteiger partial charge in [-0.3, -0.25) is 0 Å². The molecule has 0 radical (unpaired) electrons. The number of hydrogen-bond donors (Lipinski definition) is 1. The summed E-state index contributed by atoms with van der Waals surface area (Å²) in [4.78, 5) is 0.324. The van der Waals surface area contributed by atoms with Gasteiger partial charge in [-0.15, -0.1) is 5.73 Å². The van der Waals surface area contributed by atoms with Crippen molar-refractivity contribution in [2.24, 2.45) is 0 Å². The lowest BCUT2D eigenvalue weighted by Gasteiger charge is -2.06. The van der Waals surface area contributed by atoms with Crippen LogP contribution in [0.5, 0.6) is 0 Å². The van der Waals surface area contributed by atoms with Crippen LogP contribution in [0.1, 0.15) is 51.0 Å². The van der Waals surface area contributed by atoms with E-state index in [1.54, 1.807) is 24.3 Å². The summed E-state index contributed by atoms with van der Waals surface area (Å²) in [6.07, 6.45) is 10.4. The topological polar surface area (TPSA) is 46.2 Å². The van der Waals surface area contributed by atoms with Crippen molar-refractivity contribution in [3.8, 4) is 0 Å². The van der Waals surface area contributed by atoms with Crippen LogP contribution in [0.15, 0.2) is 47.0 Å². The van der Waals surface area contributed by atoms with Crippen LogP contribution in [-0.2, 0) is 10.0 Å². The highest BCUT2D eigenvalue weighted by Gasteiger charge is 2.11. The quantitative estimate of drug-likeness (QED) is 0.514. The third-order valence-corrected chi connectivity index (χ3v) is 4.81. The lowest BCUT2D eigenvalue weighted by Crippen LogP contribution is -2.24. The number of allylic oxidation sites excluding steroid dienone is 1. The van der Waals surface area contributed by atoms with Crippen molar-refractivity contribution in [1.29, 1.82) is 0 Å². The van der Waals surface area contributed by atoms with Gasteiger partial charge in [0.1, 0.15) is 0 Å². The third-order valence-electron chi connectivity index (χ3n) is 3.34. The van der Waals surface area contributed by atoms with Crippen molar-refractivity contribution < 1.29 is 8.42 Å². The SMILES string of the molecule is CCCCCC=C=CCCCNS(=O)(=O)c1ccc(C)cc1. The molecule has 3 nitrogen and oxygen atoms in total. The number of aryl methyl sites for hydroxylation is 1. The Bertz CT molecular complexity index is 582. The van der Waals surface area contributed by atoms with Crippen molar-refractivity contribution in [3.05, 3.63) is 47.7 Å². The number of hydrogen-bond acceptors (Lipinski definition) is 2. The van der Waals surface area contributed by atoms with Gasteiger partial charge in [-0.2, -0.15) is 0 Å². The van der Waals surface area contributed by atoms with Crippen molar-refractivity contribution in [2.45, 2.75) is 57.3 Å². The average molecular weight is 321 g/mol. The molecule has 0 saturated carbocycles. The highest BCUT2D eigenvalue weighted by molar-refractivity contribution is 7.89. The highest BCUT2D eigenvalue weighted by atomic mass is 32.2. The van der Waals surface area contributed by atoms with Crippen LogP contribution < -0.4 is 4.72 Å². The van der Waals surface area contributed by atoms with E-state index in [9.17, 15) is 8.42 Å². The van der Waals surface area contributed by atoms with E-state index in [0.717, 1.165) is 24.8 Å². The van der Waals surface area contributed by atoms with E-state index in [4.69, 9.17) is 0 Å². The number of sulfonamides is 1. The Morgan fingerprint density at radius 2 is 1.68 bits per heavy atom. The van der Waals surface area contributed by atoms with E-state index < -0.39 is 10.0 Å². The van der Waals surface area contributed by atoms with Gasteiger partial charge in [0.15, 0.2) is 0 Å². The predicted molar refractivity (Wildman–Crippen MR) is 92.4 cm³/mol. The van der Waals surface area contributed by atoms with Crippen molar-refractivity contribution >= 4 is 10.0 Å². The predicted octanol–water partition coefficient (Wildman–Crippen LogP) is 4.35. The molecule has 0 amide bonds. The number of nitrogens with one attached hydrogen (secondary N) is 1. The molecule has 0 bridgehead atoms. The van der Waals surface area contributed by atoms with Gasteiger partial charge in [0, 0.05) is 6.54 Å². The lowest BCUT2D eigenvalue weighted by molar-refractivity contribution is 0.579. The summed E-state index contributed by atoms with van der Waals surface area (Å²) in [7, 11) is -3.38. The van der Waals surface area contributed by atoms with Crippen LogP contribution in [0.3, 0.4) is 0 Å². The smallest absolute Gasteiger partial charge is 0.211 e. The van der Waals surface area contributed by atoms with Gasteiger partial charge < -0.3 is 0 Å². The summed E-state index contributed by atoms with van der Waals surface area (Å²) < 4.78 is 26.7. The second-order valence-corrected chi connectivity index (χ2v) is 7.19. The number of benzene rings is 1. The first-order valence-corrected chi connectivity index (χ1v) is 9.50. The van der Waals surface area contributed by atoms with Crippen molar-refractivity contribution in [3.63, 3.8) is 0 Å². The molecule has 0 atom stereocenters. The van der Waals surface area contributed by atoms with Crippen LogP contribution in [0.4, 0.5) is 0 Å². The van der Waals surface area contributed by atoms with E-state index in [1.807, 2.05) is 13.0 Å². The molecule has 0 saturated heterocycles. The minimum atomic E-state index is -3.38. The molecule has 0 aromatic heterocycles. The Morgan fingerprint density at radius 3 is 2.32 bits per heavy atom. The number of unbranched alkanes of at least 4 members (excludes halogenated alkanes) is 4. The summed E-state index contributed by atoms with van der Waals surface area (Å²) in [6, 6.07) is 6.88. The molecule has 0 aliphatic carbocycles. The summed E-state index contributed by atoms with van der Waals surface area (Å²) in [6.45, 7) is 4.58. The minimum absolute atomic E-state index is 0.324. The fourth-order valence-electron chi connectivity index (χ4n) is 1.96. The molecule has 1 rings (SSSR count). The van der Waals surface area contributed by atoms with Gasteiger partial charge in [-0.25, -0.2) is 13.1 Å². The zero-order valence-corrected chi connectivity index (χ0v) is 14.5. The Labute approximate surface area is 135 Å². The molecule has 0 aliphatic rings. The van der Waals surface area contributed by atoms with E-state index in [1.165, 1.54) is 19.3 Å². The van der Waals surface area contributed by atoms with Gasteiger partial charge >= 0.3 is 0 Å².